The van der Waals surface area contributed by atoms with E-state index in [2.05, 4.69) is 54.1 Å². The molecule has 1 amide bonds. The molecule has 4 heterocycles. The van der Waals surface area contributed by atoms with Crippen LogP contribution < -0.4 is 10.5 Å². The molecule has 0 atom stereocenters. The van der Waals surface area contributed by atoms with Crippen LogP contribution in [-0.4, -0.2) is 74.5 Å². The number of aryl methyl sites for hydroxylation is 2. The van der Waals surface area contributed by atoms with Gasteiger partial charge in [-0.2, -0.15) is 5.10 Å². The van der Waals surface area contributed by atoms with Gasteiger partial charge >= 0.3 is 6.09 Å². The van der Waals surface area contributed by atoms with Crippen LogP contribution in [0.25, 0.3) is 16.8 Å². The predicted octanol–water partition coefficient (Wildman–Crippen LogP) is 5.62. The van der Waals surface area contributed by atoms with Crippen molar-refractivity contribution in [2.24, 2.45) is 5.41 Å². The lowest BCUT2D eigenvalue weighted by Gasteiger charge is -2.58. The number of carbonyl (C=O) groups excluding carboxylic acids is 1. The molecule has 1 aliphatic carbocycles. The number of likely N-dealkylation sites (N-methyl/N-ethyl adjacent to an activating group) is 1. The van der Waals surface area contributed by atoms with Gasteiger partial charge in [0.15, 0.2) is 11.6 Å². The Balaban J connectivity index is 1.11. The van der Waals surface area contributed by atoms with Crippen molar-refractivity contribution in [1.82, 2.24) is 29.5 Å². The molecule has 10 nitrogen and oxygen atoms in total. The minimum atomic E-state index is -0.479. The van der Waals surface area contributed by atoms with Crippen molar-refractivity contribution in [2.45, 2.75) is 65.5 Å². The molecule has 6 rings (SSSR count). The topological polar surface area (TPSA) is 112 Å². The second-order valence-corrected chi connectivity index (χ2v) is 13.3. The van der Waals surface area contributed by atoms with Gasteiger partial charge in [-0.15, -0.1) is 0 Å². The van der Waals surface area contributed by atoms with Crippen LogP contribution in [0.15, 0.2) is 36.8 Å². The quantitative estimate of drug-likeness (QED) is 0.420. The number of likely N-dealkylation sites (tertiary alicyclic amines) is 1. The van der Waals surface area contributed by atoms with Crippen LogP contribution in [0.3, 0.4) is 0 Å². The van der Waals surface area contributed by atoms with E-state index >= 15 is 0 Å². The maximum Gasteiger partial charge on any atom is 0.410 e. The summed E-state index contributed by atoms with van der Waals surface area (Å²) in [6.45, 7) is 13.5. The van der Waals surface area contributed by atoms with E-state index in [1.54, 1.807) is 17.3 Å². The Bertz CT molecular complexity index is 1520. The summed E-state index contributed by atoms with van der Waals surface area (Å²) >= 11 is 0. The van der Waals surface area contributed by atoms with Gasteiger partial charge in [0.1, 0.15) is 5.60 Å². The lowest BCUT2D eigenvalue weighted by Crippen LogP contribution is -2.64. The zero-order valence-corrected chi connectivity index (χ0v) is 25.5. The number of nitrogen functional groups attached to an aromatic ring is 1. The molecule has 3 aliphatic rings. The molecule has 2 N–H and O–H groups in total. The Morgan fingerprint density at radius 3 is 2.48 bits per heavy atom. The first-order chi connectivity index (χ1) is 19.9. The van der Waals surface area contributed by atoms with Crippen molar-refractivity contribution < 1.29 is 14.3 Å². The normalized spacial score (nSPS) is 18.8. The number of hydrogen-bond acceptors (Lipinski definition) is 8. The van der Waals surface area contributed by atoms with Crippen LogP contribution in [0, 0.1) is 19.3 Å². The van der Waals surface area contributed by atoms with E-state index in [0.717, 1.165) is 51.0 Å². The summed E-state index contributed by atoms with van der Waals surface area (Å²) in [5.74, 6) is 1.06. The van der Waals surface area contributed by atoms with Gasteiger partial charge in [0.25, 0.3) is 5.88 Å². The molecule has 1 spiro atoms. The molecular weight excluding hydrogens is 530 g/mol. The average molecular weight is 572 g/mol. The first-order valence-corrected chi connectivity index (χ1v) is 14.7. The third-order valence-electron chi connectivity index (χ3n) is 8.54. The van der Waals surface area contributed by atoms with Crippen molar-refractivity contribution in [3.05, 3.63) is 53.5 Å². The summed E-state index contributed by atoms with van der Waals surface area (Å²) in [4.78, 5) is 25.5. The highest BCUT2D eigenvalue weighted by Crippen LogP contribution is 2.54. The highest BCUT2D eigenvalue weighted by molar-refractivity contribution is 5.75. The molecule has 2 aliphatic heterocycles. The van der Waals surface area contributed by atoms with Gasteiger partial charge in [-0.25, -0.2) is 14.8 Å². The Hall–Kier alpha value is -3.92. The second-order valence-electron chi connectivity index (χ2n) is 13.3. The number of amides is 1. The molecule has 1 aromatic carbocycles. The second kappa shape index (κ2) is 10.4. The number of aromatic nitrogens is 4. The highest BCUT2D eigenvalue weighted by Gasteiger charge is 2.55. The van der Waals surface area contributed by atoms with Crippen molar-refractivity contribution in [1.29, 1.82) is 0 Å². The number of carbonyl (C=O) groups is 1. The lowest BCUT2D eigenvalue weighted by molar-refractivity contribution is -0.0927. The number of ether oxygens (including phenoxy) is 2. The molecule has 42 heavy (non-hydrogen) atoms. The van der Waals surface area contributed by atoms with E-state index in [4.69, 9.17) is 20.2 Å². The number of nitrogens with two attached hydrogens (primary N) is 1. The van der Waals surface area contributed by atoms with Crippen LogP contribution >= 0.6 is 0 Å². The summed E-state index contributed by atoms with van der Waals surface area (Å²) in [6.07, 6.45) is 10.4. The summed E-state index contributed by atoms with van der Waals surface area (Å²) in [6, 6.07) is 4.60. The standard InChI is InChI=1S/C32H41N7O3/c1-20-11-23(12-21(2)27(20)22-7-9-37(6)10-8-22)26-16-34-28(33)29(36-26)41-25-15-35-39(17-25)24-13-32(14-24)18-38(19-32)30(40)42-31(3,4)5/h7,11-12,15-17,24H,8-10,13-14,18-19H2,1-6H3,(H2,33,34). The molecule has 0 radical (unpaired) electrons. The summed E-state index contributed by atoms with van der Waals surface area (Å²) in [7, 11) is 2.15. The smallest absolute Gasteiger partial charge is 0.410 e. The molecule has 0 bridgehead atoms. The van der Waals surface area contributed by atoms with Gasteiger partial charge < -0.3 is 25.0 Å². The first-order valence-electron chi connectivity index (χ1n) is 14.7. The minimum absolute atomic E-state index is 0.161. The SMILES string of the molecule is Cc1cc(-c2cnc(N)c(Oc3cnn(C4CC5(C4)CN(C(=O)OC(C)(C)C)C5)c3)n2)cc(C)c1C1=CCN(C)CC1. The fourth-order valence-corrected chi connectivity index (χ4v) is 6.50. The average Bonchev–Trinajstić information content (AvgIpc) is 3.31. The van der Waals surface area contributed by atoms with Gasteiger partial charge in [-0.3, -0.25) is 4.68 Å². The van der Waals surface area contributed by atoms with Crippen molar-refractivity contribution in [2.75, 3.05) is 39.0 Å². The van der Waals surface area contributed by atoms with Crippen molar-refractivity contribution >= 4 is 17.5 Å². The van der Waals surface area contributed by atoms with E-state index in [9.17, 15) is 4.79 Å². The molecule has 2 fully saturated rings. The van der Waals surface area contributed by atoms with Gasteiger partial charge in [0, 0.05) is 37.2 Å². The zero-order chi connectivity index (χ0) is 29.8. The maximum atomic E-state index is 12.3. The zero-order valence-electron chi connectivity index (χ0n) is 25.5. The van der Waals surface area contributed by atoms with Gasteiger partial charge in [-0.05, 0) is 95.3 Å². The fraction of sp³-hybridized carbons (Fsp3) is 0.500. The summed E-state index contributed by atoms with van der Waals surface area (Å²) < 4.78 is 13.5. The molecule has 222 valence electrons. The van der Waals surface area contributed by atoms with Crippen molar-refractivity contribution in [3.8, 4) is 22.9 Å². The van der Waals surface area contributed by atoms with Crippen LogP contribution in [0.4, 0.5) is 10.6 Å². The molecule has 2 aromatic heterocycles. The van der Waals surface area contributed by atoms with E-state index in [1.807, 2.05) is 31.6 Å². The Morgan fingerprint density at radius 2 is 1.83 bits per heavy atom. The van der Waals surface area contributed by atoms with Crippen molar-refractivity contribution in [3.63, 3.8) is 0 Å². The largest absolute Gasteiger partial charge is 0.444 e. The van der Waals surface area contributed by atoms with Crippen LogP contribution in [0.1, 0.15) is 62.8 Å². The minimum Gasteiger partial charge on any atom is -0.444 e. The Labute approximate surface area is 247 Å². The van der Waals surface area contributed by atoms with E-state index < -0.39 is 5.60 Å². The molecule has 1 saturated heterocycles. The number of benzene rings is 1. The molecule has 3 aromatic rings. The van der Waals surface area contributed by atoms with E-state index in [1.165, 1.54) is 22.3 Å². The highest BCUT2D eigenvalue weighted by atomic mass is 16.6. The lowest BCUT2D eigenvalue weighted by atomic mass is 9.61. The maximum absolute atomic E-state index is 12.3. The van der Waals surface area contributed by atoms with Crippen LogP contribution in [-0.2, 0) is 4.74 Å². The summed E-state index contributed by atoms with van der Waals surface area (Å²) in [5.41, 5.74) is 12.7. The van der Waals surface area contributed by atoms with E-state index in [0.29, 0.717) is 11.4 Å². The molecule has 1 saturated carbocycles. The predicted molar refractivity (Wildman–Crippen MR) is 162 cm³/mol. The molecule has 10 heteroatoms. The Morgan fingerprint density at radius 1 is 1.12 bits per heavy atom. The third-order valence-corrected chi connectivity index (χ3v) is 8.54. The number of nitrogens with zero attached hydrogens (tertiary/aromatic N) is 6. The van der Waals surface area contributed by atoms with Gasteiger partial charge in [0.2, 0.25) is 0 Å². The number of anilines is 1. The van der Waals surface area contributed by atoms with Gasteiger partial charge in [0.05, 0.1) is 30.3 Å². The monoisotopic (exact) mass is 571 g/mol. The van der Waals surface area contributed by atoms with E-state index in [-0.39, 0.29) is 29.2 Å². The summed E-state index contributed by atoms with van der Waals surface area (Å²) in [5, 5.41) is 4.54. The number of rotatable bonds is 5. The Kier molecular flexibility index (Phi) is 7.00. The van der Waals surface area contributed by atoms with Gasteiger partial charge in [-0.1, -0.05) is 6.08 Å². The van der Waals surface area contributed by atoms with Crippen LogP contribution in [0.5, 0.6) is 11.6 Å². The third kappa shape index (κ3) is 5.60. The number of hydrogen-bond donors (Lipinski definition) is 1. The van der Waals surface area contributed by atoms with Crippen LogP contribution in [0.2, 0.25) is 0 Å². The fourth-order valence-electron chi connectivity index (χ4n) is 6.50. The first kappa shape index (κ1) is 28.2. The molecule has 0 unspecified atom stereocenters. The molecular formula is C32H41N7O3.